The number of benzene rings is 2. The van der Waals surface area contributed by atoms with Crippen molar-refractivity contribution in [2.24, 2.45) is 5.73 Å². The molecule has 0 unspecified atom stereocenters. The molecule has 0 saturated heterocycles. The molecule has 0 saturated carbocycles. The second kappa shape index (κ2) is 11.2. The van der Waals surface area contributed by atoms with E-state index in [-0.39, 0.29) is 12.4 Å². The van der Waals surface area contributed by atoms with Crippen molar-refractivity contribution in [2.45, 2.75) is 6.42 Å². The van der Waals surface area contributed by atoms with Gasteiger partial charge in [0, 0.05) is 13.3 Å². The zero-order valence-electron chi connectivity index (χ0n) is 17.4. The summed E-state index contributed by atoms with van der Waals surface area (Å²) in [6.07, 6.45) is 2.08. The van der Waals surface area contributed by atoms with E-state index in [1.165, 1.54) is 13.3 Å². The molecule has 0 fully saturated rings. The maximum atomic E-state index is 13.0. The summed E-state index contributed by atoms with van der Waals surface area (Å²) in [6.45, 7) is 0.458. The van der Waals surface area contributed by atoms with Gasteiger partial charge in [0.15, 0.2) is 6.79 Å². The largest absolute Gasteiger partial charge is 0.467 e. The number of carbonyl (C=O) groups excluding carboxylic acids is 2. The molecule has 166 valence electrons. The Balaban J connectivity index is 1.82. The maximum absolute atomic E-state index is 13.0. The van der Waals surface area contributed by atoms with Gasteiger partial charge in [-0.15, -0.1) is 0 Å². The van der Waals surface area contributed by atoms with Crippen LogP contribution < -0.4 is 21.1 Å². The molecule has 3 aromatic rings. The molecule has 3 rings (SSSR count). The number of hydrogen-bond acceptors (Lipinski definition) is 6. The third-order valence-corrected chi connectivity index (χ3v) is 4.67. The standard InChI is InChI=1S/C23H23ClN4O4/c1-31-14-32-20-12-15(10-11-25)6-8-18(20)23(30)27-19-5-3-2-4-17(19)22(29)28-21-9-7-16(24)13-26-21/h2-9,12-13H,10-11,14,25H2,1H3,(H,27,30)(H,26,28,29). The van der Waals surface area contributed by atoms with Crippen LogP contribution in [0.4, 0.5) is 11.5 Å². The average molecular weight is 455 g/mol. The predicted octanol–water partition coefficient (Wildman–Crippen LogP) is 3.72. The molecule has 0 radical (unpaired) electrons. The van der Waals surface area contributed by atoms with Crippen molar-refractivity contribution < 1.29 is 19.1 Å². The lowest BCUT2D eigenvalue weighted by Gasteiger charge is -2.14. The number of amides is 2. The van der Waals surface area contributed by atoms with Gasteiger partial charge in [0.2, 0.25) is 0 Å². The summed E-state index contributed by atoms with van der Waals surface area (Å²) in [7, 11) is 1.49. The van der Waals surface area contributed by atoms with Crippen LogP contribution in [0.1, 0.15) is 26.3 Å². The van der Waals surface area contributed by atoms with Crippen LogP contribution in [0.3, 0.4) is 0 Å². The van der Waals surface area contributed by atoms with Gasteiger partial charge < -0.3 is 25.8 Å². The van der Waals surface area contributed by atoms with Crippen molar-refractivity contribution >= 4 is 34.9 Å². The van der Waals surface area contributed by atoms with E-state index in [1.807, 2.05) is 6.07 Å². The molecule has 0 aliphatic rings. The van der Waals surface area contributed by atoms with Crippen LogP contribution in [0, 0.1) is 0 Å². The number of hydrogen-bond donors (Lipinski definition) is 3. The van der Waals surface area contributed by atoms with E-state index in [2.05, 4.69) is 15.6 Å². The third-order valence-electron chi connectivity index (χ3n) is 4.44. The number of anilines is 2. The summed E-state index contributed by atoms with van der Waals surface area (Å²) in [4.78, 5) is 29.9. The van der Waals surface area contributed by atoms with Gasteiger partial charge in [-0.3, -0.25) is 9.59 Å². The molecule has 1 aromatic heterocycles. The fourth-order valence-electron chi connectivity index (χ4n) is 2.93. The van der Waals surface area contributed by atoms with Crippen molar-refractivity contribution in [1.82, 2.24) is 4.98 Å². The van der Waals surface area contributed by atoms with Crippen molar-refractivity contribution in [3.63, 3.8) is 0 Å². The minimum absolute atomic E-state index is 0.0144. The number of para-hydroxylation sites is 1. The first-order valence-corrected chi connectivity index (χ1v) is 10.2. The first-order valence-electron chi connectivity index (χ1n) is 9.80. The van der Waals surface area contributed by atoms with E-state index < -0.39 is 11.8 Å². The summed E-state index contributed by atoms with van der Waals surface area (Å²) in [6, 6.07) is 15.1. The van der Waals surface area contributed by atoms with Gasteiger partial charge in [-0.05, 0) is 54.9 Å². The van der Waals surface area contributed by atoms with Crippen LogP contribution in [0.25, 0.3) is 0 Å². The zero-order valence-corrected chi connectivity index (χ0v) is 18.2. The molecule has 8 nitrogen and oxygen atoms in total. The molecule has 0 aliphatic carbocycles. The molecule has 2 aromatic carbocycles. The SMILES string of the molecule is COCOc1cc(CCN)ccc1C(=O)Nc1ccccc1C(=O)Nc1ccc(Cl)cn1. The van der Waals surface area contributed by atoms with Gasteiger partial charge in [-0.2, -0.15) is 0 Å². The quantitative estimate of drug-likeness (QED) is 0.424. The molecule has 1 heterocycles. The number of methoxy groups -OCH3 is 1. The second-order valence-corrected chi connectivity index (χ2v) is 7.17. The monoisotopic (exact) mass is 454 g/mol. The Hall–Kier alpha value is -3.46. The van der Waals surface area contributed by atoms with Crippen LogP contribution in [0.15, 0.2) is 60.8 Å². The summed E-state index contributed by atoms with van der Waals surface area (Å²) in [5.41, 5.74) is 7.48. The number of nitrogens with one attached hydrogen (secondary N) is 2. The Kier molecular flexibility index (Phi) is 8.15. The summed E-state index contributed by atoms with van der Waals surface area (Å²) in [5, 5.41) is 5.93. The topological polar surface area (TPSA) is 116 Å². The van der Waals surface area contributed by atoms with Crippen LogP contribution >= 0.6 is 11.6 Å². The lowest BCUT2D eigenvalue weighted by atomic mass is 10.1. The smallest absolute Gasteiger partial charge is 0.259 e. The summed E-state index contributed by atoms with van der Waals surface area (Å²) in [5.74, 6) is -0.154. The highest BCUT2D eigenvalue weighted by Gasteiger charge is 2.18. The lowest BCUT2D eigenvalue weighted by molar-refractivity contribution is 0.0502. The van der Waals surface area contributed by atoms with E-state index in [1.54, 1.807) is 48.5 Å². The average Bonchev–Trinajstić information content (AvgIpc) is 2.79. The highest BCUT2D eigenvalue weighted by molar-refractivity contribution is 6.30. The fourth-order valence-corrected chi connectivity index (χ4v) is 3.04. The third kappa shape index (κ3) is 6.04. The van der Waals surface area contributed by atoms with E-state index in [0.29, 0.717) is 40.8 Å². The van der Waals surface area contributed by atoms with E-state index in [9.17, 15) is 9.59 Å². The molecule has 9 heteroatoms. The van der Waals surface area contributed by atoms with Gasteiger partial charge in [0.05, 0.1) is 21.8 Å². The molecule has 0 atom stereocenters. The van der Waals surface area contributed by atoms with Crippen molar-refractivity contribution in [2.75, 3.05) is 31.1 Å². The van der Waals surface area contributed by atoms with E-state index >= 15 is 0 Å². The molecule has 4 N–H and O–H groups in total. The molecule has 0 bridgehead atoms. The summed E-state index contributed by atoms with van der Waals surface area (Å²) >= 11 is 5.83. The minimum atomic E-state index is -0.430. The zero-order chi connectivity index (χ0) is 22.9. The van der Waals surface area contributed by atoms with Gasteiger partial charge in [-0.25, -0.2) is 4.98 Å². The van der Waals surface area contributed by atoms with Crippen molar-refractivity contribution in [1.29, 1.82) is 0 Å². The second-order valence-electron chi connectivity index (χ2n) is 6.74. The lowest BCUT2D eigenvalue weighted by Crippen LogP contribution is -2.19. The van der Waals surface area contributed by atoms with Crippen molar-refractivity contribution in [3.05, 3.63) is 82.5 Å². The number of ether oxygens (including phenoxy) is 2. The van der Waals surface area contributed by atoms with E-state index in [0.717, 1.165) is 5.56 Å². The minimum Gasteiger partial charge on any atom is -0.467 e. The summed E-state index contributed by atoms with van der Waals surface area (Å²) < 4.78 is 10.5. The number of nitrogens with zero attached hydrogens (tertiary/aromatic N) is 1. The molecule has 2 amide bonds. The number of rotatable bonds is 9. The number of pyridine rings is 1. The van der Waals surface area contributed by atoms with Gasteiger partial charge in [0.1, 0.15) is 11.6 Å². The molecular formula is C23H23ClN4O4. The van der Waals surface area contributed by atoms with Crippen LogP contribution in [-0.4, -0.2) is 37.2 Å². The Labute approximate surface area is 190 Å². The number of aromatic nitrogens is 1. The normalized spacial score (nSPS) is 10.5. The molecule has 0 aliphatic heterocycles. The number of halogens is 1. The number of carbonyl (C=O) groups is 2. The molecule has 0 spiro atoms. The molecule has 32 heavy (non-hydrogen) atoms. The van der Waals surface area contributed by atoms with Gasteiger partial charge in [0.25, 0.3) is 11.8 Å². The first-order chi connectivity index (χ1) is 15.5. The van der Waals surface area contributed by atoms with E-state index in [4.69, 9.17) is 26.8 Å². The predicted molar refractivity (Wildman–Crippen MR) is 123 cm³/mol. The van der Waals surface area contributed by atoms with Crippen LogP contribution in [0.5, 0.6) is 5.75 Å². The maximum Gasteiger partial charge on any atom is 0.259 e. The van der Waals surface area contributed by atoms with Crippen molar-refractivity contribution in [3.8, 4) is 5.75 Å². The van der Waals surface area contributed by atoms with Gasteiger partial charge >= 0.3 is 0 Å². The van der Waals surface area contributed by atoms with Crippen LogP contribution in [0.2, 0.25) is 5.02 Å². The number of nitrogens with two attached hydrogens (primary N) is 1. The fraction of sp³-hybridized carbons (Fsp3) is 0.174. The van der Waals surface area contributed by atoms with Gasteiger partial charge in [-0.1, -0.05) is 29.8 Å². The Morgan fingerprint density at radius 2 is 1.81 bits per heavy atom. The Bertz CT molecular complexity index is 1090. The van der Waals surface area contributed by atoms with Crippen LogP contribution in [-0.2, 0) is 11.2 Å². The first kappa shape index (κ1) is 23.2. The highest BCUT2D eigenvalue weighted by atomic mass is 35.5. The molecular weight excluding hydrogens is 432 g/mol. The Morgan fingerprint density at radius 3 is 2.53 bits per heavy atom. The Morgan fingerprint density at radius 1 is 1.03 bits per heavy atom. The highest BCUT2D eigenvalue weighted by Crippen LogP contribution is 2.24.